The molecular formula is C9H5BrClF3O. The summed E-state index contributed by atoms with van der Waals surface area (Å²) in [6.45, 7) is 1.27. The lowest BCUT2D eigenvalue weighted by atomic mass is 10.0. The van der Waals surface area contributed by atoms with E-state index in [1.54, 1.807) is 0 Å². The lowest BCUT2D eigenvalue weighted by molar-refractivity contribution is -0.138. The van der Waals surface area contributed by atoms with Crippen LogP contribution < -0.4 is 0 Å². The zero-order valence-electron chi connectivity index (χ0n) is 7.45. The van der Waals surface area contributed by atoms with Crippen molar-refractivity contribution >= 4 is 32.8 Å². The Bertz CT molecular complexity index is 415. The standard InChI is InChI=1S/C9H5BrClF3O/c1-4-2-5(10)3-6(8(11)15)7(4)9(12,13)14/h2-3H,1H3. The molecule has 82 valence electrons. The molecule has 1 aromatic rings. The summed E-state index contributed by atoms with van der Waals surface area (Å²) in [6.07, 6.45) is -4.58. The summed E-state index contributed by atoms with van der Waals surface area (Å²) in [6, 6.07) is 2.34. The molecule has 1 aromatic carbocycles. The van der Waals surface area contributed by atoms with Crippen molar-refractivity contribution < 1.29 is 18.0 Å². The van der Waals surface area contributed by atoms with E-state index < -0.39 is 22.5 Å². The highest BCUT2D eigenvalue weighted by Crippen LogP contribution is 2.36. The van der Waals surface area contributed by atoms with Crippen LogP contribution in [0.2, 0.25) is 0 Å². The molecule has 0 atom stereocenters. The van der Waals surface area contributed by atoms with Crippen molar-refractivity contribution in [3.8, 4) is 0 Å². The number of carbonyl (C=O) groups excluding carboxylic acids is 1. The fourth-order valence-corrected chi connectivity index (χ4v) is 2.00. The topological polar surface area (TPSA) is 17.1 Å². The number of aryl methyl sites for hydroxylation is 1. The maximum atomic E-state index is 12.6. The first-order valence-electron chi connectivity index (χ1n) is 3.80. The number of hydrogen-bond donors (Lipinski definition) is 0. The highest BCUT2D eigenvalue weighted by atomic mass is 79.9. The minimum Gasteiger partial charge on any atom is -0.276 e. The van der Waals surface area contributed by atoms with Crippen LogP contribution >= 0.6 is 27.5 Å². The molecule has 0 aliphatic carbocycles. The van der Waals surface area contributed by atoms with Gasteiger partial charge in [0, 0.05) is 10.0 Å². The number of hydrogen-bond acceptors (Lipinski definition) is 1. The Kier molecular flexibility index (Phi) is 3.45. The molecule has 0 saturated carbocycles. The quantitative estimate of drug-likeness (QED) is 0.712. The van der Waals surface area contributed by atoms with Gasteiger partial charge < -0.3 is 0 Å². The van der Waals surface area contributed by atoms with Gasteiger partial charge in [-0.25, -0.2) is 0 Å². The molecular weight excluding hydrogens is 296 g/mol. The van der Waals surface area contributed by atoms with Crippen LogP contribution in [0.1, 0.15) is 21.5 Å². The van der Waals surface area contributed by atoms with Gasteiger partial charge in [-0.1, -0.05) is 15.9 Å². The molecule has 0 amide bonds. The van der Waals surface area contributed by atoms with Gasteiger partial charge in [0.2, 0.25) is 0 Å². The molecule has 6 heteroatoms. The van der Waals surface area contributed by atoms with Crippen molar-refractivity contribution in [2.75, 3.05) is 0 Å². The second-order valence-electron chi connectivity index (χ2n) is 2.92. The predicted molar refractivity (Wildman–Crippen MR) is 54.1 cm³/mol. The minimum atomic E-state index is -4.58. The molecule has 0 radical (unpaired) electrons. The Morgan fingerprint density at radius 1 is 1.40 bits per heavy atom. The van der Waals surface area contributed by atoms with E-state index in [0.29, 0.717) is 4.47 Å². The lowest BCUT2D eigenvalue weighted by Gasteiger charge is -2.13. The molecule has 1 nitrogen and oxygen atoms in total. The minimum absolute atomic E-state index is 0.0409. The van der Waals surface area contributed by atoms with Crippen LogP contribution in [0.25, 0.3) is 0 Å². The van der Waals surface area contributed by atoms with Gasteiger partial charge in [-0.15, -0.1) is 0 Å². The Balaban J connectivity index is 3.55. The van der Waals surface area contributed by atoms with E-state index in [0.717, 1.165) is 6.07 Å². The van der Waals surface area contributed by atoms with Crippen molar-refractivity contribution in [3.63, 3.8) is 0 Å². The molecule has 0 N–H and O–H groups in total. The zero-order chi connectivity index (χ0) is 11.8. The SMILES string of the molecule is Cc1cc(Br)cc(C(=O)Cl)c1C(F)(F)F. The van der Waals surface area contributed by atoms with Gasteiger partial charge in [0.05, 0.1) is 5.56 Å². The largest absolute Gasteiger partial charge is 0.417 e. The third kappa shape index (κ3) is 2.72. The molecule has 0 saturated heterocycles. The van der Waals surface area contributed by atoms with E-state index in [1.807, 2.05) is 0 Å². The molecule has 0 fully saturated rings. The second-order valence-corrected chi connectivity index (χ2v) is 4.18. The van der Waals surface area contributed by atoms with Gasteiger partial charge in [-0.3, -0.25) is 4.79 Å². The maximum Gasteiger partial charge on any atom is 0.417 e. The number of halogens is 5. The van der Waals surface area contributed by atoms with Crippen LogP contribution in [0.5, 0.6) is 0 Å². The van der Waals surface area contributed by atoms with E-state index in [-0.39, 0.29) is 5.56 Å². The van der Waals surface area contributed by atoms with Gasteiger partial charge >= 0.3 is 6.18 Å². The molecule has 1 rings (SSSR count). The van der Waals surface area contributed by atoms with E-state index in [1.165, 1.54) is 13.0 Å². The van der Waals surface area contributed by atoms with Crippen molar-refractivity contribution in [2.45, 2.75) is 13.1 Å². The Hall–Kier alpha value is -0.550. The average Bonchev–Trinajstić information content (AvgIpc) is 1.99. The van der Waals surface area contributed by atoms with Crippen molar-refractivity contribution in [1.82, 2.24) is 0 Å². The van der Waals surface area contributed by atoms with Gasteiger partial charge in [-0.05, 0) is 36.2 Å². The van der Waals surface area contributed by atoms with Crippen LogP contribution in [-0.4, -0.2) is 5.24 Å². The van der Waals surface area contributed by atoms with E-state index in [2.05, 4.69) is 15.9 Å². The van der Waals surface area contributed by atoms with E-state index in [9.17, 15) is 18.0 Å². The molecule has 0 spiro atoms. The summed E-state index contributed by atoms with van der Waals surface area (Å²) in [5, 5.41) is -1.12. The van der Waals surface area contributed by atoms with Crippen LogP contribution in [-0.2, 0) is 6.18 Å². The van der Waals surface area contributed by atoms with E-state index >= 15 is 0 Å². The van der Waals surface area contributed by atoms with Crippen molar-refractivity contribution in [3.05, 3.63) is 33.3 Å². The maximum absolute atomic E-state index is 12.6. The third-order valence-corrected chi connectivity index (χ3v) is 2.46. The van der Waals surface area contributed by atoms with Gasteiger partial charge in [0.15, 0.2) is 0 Å². The number of carbonyl (C=O) groups is 1. The molecule has 15 heavy (non-hydrogen) atoms. The summed E-state index contributed by atoms with van der Waals surface area (Å²) in [4.78, 5) is 10.9. The first-order valence-corrected chi connectivity index (χ1v) is 4.97. The predicted octanol–water partition coefficient (Wildman–Crippen LogP) is 4.16. The first-order chi connectivity index (χ1) is 6.73. The monoisotopic (exact) mass is 300 g/mol. The van der Waals surface area contributed by atoms with Gasteiger partial charge in [-0.2, -0.15) is 13.2 Å². The molecule has 0 aliphatic heterocycles. The lowest BCUT2D eigenvalue weighted by Crippen LogP contribution is -2.13. The highest BCUT2D eigenvalue weighted by molar-refractivity contribution is 9.10. The fraction of sp³-hybridized carbons (Fsp3) is 0.222. The second kappa shape index (κ2) is 4.14. The van der Waals surface area contributed by atoms with Crippen molar-refractivity contribution in [1.29, 1.82) is 0 Å². The van der Waals surface area contributed by atoms with Crippen LogP contribution in [0, 0.1) is 6.92 Å². The van der Waals surface area contributed by atoms with Crippen LogP contribution in [0.4, 0.5) is 13.2 Å². The van der Waals surface area contributed by atoms with Gasteiger partial charge in [0.1, 0.15) is 0 Å². The number of benzene rings is 1. The number of alkyl halides is 3. The van der Waals surface area contributed by atoms with E-state index in [4.69, 9.17) is 11.6 Å². The summed E-state index contributed by atoms with van der Waals surface area (Å²) in [5.41, 5.74) is -1.55. The molecule has 0 heterocycles. The number of rotatable bonds is 1. The Morgan fingerprint density at radius 2 is 1.93 bits per heavy atom. The highest BCUT2D eigenvalue weighted by Gasteiger charge is 2.36. The molecule has 0 unspecified atom stereocenters. The summed E-state index contributed by atoms with van der Waals surface area (Å²) in [5.74, 6) is 0. The molecule has 0 aromatic heterocycles. The smallest absolute Gasteiger partial charge is 0.276 e. The average molecular weight is 301 g/mol. The molecule has 0 aliphatic rings. The summed E-state index contributed by atoms with van der Waals surface area (Å²) < 4.78 is 38.1. The third-order valence-electron chi connectivity index (χ3n) is 1.80. The Morgan fingerprint density at radius 3 is 2.33 bits per heavy atom. The van der Waals surface area contributed by atoms with Crippen molar-refractivity contribution in [2.24, 2.45) is 0 Å². The zero-order valence-corrected chi connectivity index (χ0v) is 9.79. The molecule has 0 bridgehead atoms. The normalized spacial score (nSPS) is 11.6. The summed E-state index contributed by atoms with van der Waals surface area (Å²) >= 11 is 8.10. The summed E-state index contributed by atoms with van der Waals surface area (Å²) in [7, 11) is 0. The first kappa shape index (κ1) is 12.5. The Labute approximate surface area is 97.4 Å². The van der Waals surface area contributed by atoms with Gasteiger partial charge in [0.25, 0.3) is 5.24 Å². The van der Waals surface area contributed by atoms with Crippen LogP contribution in [0.3, 0.4) is 0 Å². The fourth-order valence-electron chi connectivity index (χ4n) is 1.27. The van der Waals surface area contributed by atoms with Crippen LogP contribution in [0.15, 0.2) is 16.6 Å².